The number of aliphatic carboxylic acids is 1. The van der Waals surface area contributed by atoms with Gasteiger partial charge in [0.15, 0.2) is 0 Å². The number of hydrogen-bond acceptors (Lipinski definition) is 9. The van der Waals surface area contributed by atoms with Crippen molar-refractivity contribution in [3.63, 3.8) is 0 Å². The summed E-state index contributed by atoms with van der Waals surface area (Å²) in [6, 6.07) is 0. The van der Waals surface area contributed by atoms with Gasteiger partial charge in [-0.25, -0.2) is 19.2 Å². The molecule has 0 aliphatic heterocycles. The van der Waals surface area contributed by atoms with Crippen LogP contribution in [0.25, 0.3) is 0 Å². The van der Waals surface area contributed by atoms with Crippen LogP contribution in [0.2, 0.25) is 0 Å². The number of alkyl carbamates (subject to hydrolysis) is 2. The maximum atomic E-state index is 11.5. The highest BCUT2D eigenvalue weighted by atomic mass is 16.6. The van der Waals surface area contributed by atoms with Crippen molar-refractivity contribution in [2.45, 2.75) is 6.92 Å². The lowest BCUT2D eigenvalue weighted by atomic mass is 10.2. The van der Waals surface area contributed by atoms with Crippen LogP contribution in [0, 0.1) is 5.92 Å². The topological polar surface area (TPSA) is 167 Å². The van der Waals surface area contributed by atoms with Gasteiger partial charge >= 0.3 is 30.1 Å². The van der Waals surface area contributed by atoms with Crippen molar-refractivity contribution in [2.75, 3.05) is 39.5 Å². The van der Waals surface area contributed by atoms with Crippen molar-refractivity contribution < 1.29 is 48.0 Å². The molecular formula is C17H24N2O10. The maximum absolute atomic E-state index is 11.5. The van der Waals surface area contributed by atoms with E-state index in [1.165, 1.54) is 6.92 Å². The Labute approximate surface area is 166 Å². The summed E-state index contributed by atoms with van der Waals surface area (Å²) < 4.78 is 18.8. The van der Waals surface area contributed by atoms with Crippen molar-refractivity contribution in [3.05, 3.63) is 24.8 Å². The van der Waals surface area contributed by atoms with Gasteiger partial charge in [-0.05, 0) is 6.92 Å². The Hall–Kier alpha value is -3.57. The van der Waals surface area contributed by atoms with E-state index in [2.05, 4.69) is 28.5 Å². The number of nitrogens with one attached hydrogen (secondary N) is 2. The number of hydrogen-bond donors (Lipinski definition) is 3. The number of ether oxygens (including phenoxy) is 4. The predicted octanol–water partition coefficient (Wildman–Crippen LogP) is -0.0119. The van der Waals surface area contributed by atoms with Crippen LogP contribution in [-0.2, 0) is 33.3 Å². The number of rotatable bonds is 13. The predicted molar refractivity (Wildman–Crippen MR) is 96.8 cm³/mol. The van der Waals surface area contributed by atoms with Crippen molar-refractivity contribution in [1.29, 1.82) is 0 Å². The Morgan fingerprint density at radius 1 is 0.931 bits per heavy atom. The van der Waals surface area contributed by atoms with Gasteiger partial charge in [-0.15, -0.1) is 0 Å². The average Bonchev–Trinajstić information content (AvgIpc) is 2.67. The molecule has 0 aromatic carbocycles. The van der Waals surface area contributed by atoms with Gasteiger partial charge < -0.3 is 34.7 Å². The van der Waals surface area contributed by atoms with Gasteiger partial charge in [-0.3, -0.25) is 4.79 Å². The Bertz CT molecular complexity index is 632. The molecule has 0 fully saturated rings. The lowest BCUT2D eigenvalue weighted by Crippen LogP contribution is -2.35. The smallest absolute Gasteiger partial charge is 0.407 e. The van der Waals surface area contributed by atoms with Gasteiger partial charge in [0.05, 0.1) is 13.1 Å². The SMILES string of the molecule is C=CC(=O)OCCNC(=O)OCC(COC(=O)NCCOC(=O)C(=C)C)C(=O)O. The summed E-state index contributed by atoms with van der Waals surface area (Å²) in [7, 11) is 0. The quantitative estimate of drug-likeness (QED) is 0.161. The number of carbonyl (C=O) groups is 5. The normalized spacial score (nSPS) is 10.7. The summed E-state index contributed by atoms with van der Waals surface area (Å²) in [6.07, 6.45) is -0.911. The van der Waals surface area contributed by atoms with Crippen LogP contribution in [-0.4, -0.2) is 74.7 Å². The van der Waals surface area contributed by atoms with E-state index in [9.17, 15) is 24.0 Å². The molecule has 0 aliphatic carbocycles. The number of amides is 2. The molecule has 0 rings (SSSR count). The average molecular weight is 416 g/mol. The molecule has 0 spiro atoms. The third kappa shape index (κ3) is 13.3. The molecule has 0 saturated carbocycles. The molecule has 0 saturated heterocycles. The number of carboxylic acid groups (broad SMARTS) is 1. The zero-order chi connectivity index (χ0) is 22.2. The van der Waals surface area contributed by atoms with E-state index in [1.807, 2.05) is 0 Å². The van der Waals surface area contributed by atoms with Gasteiger partial charge in [0.1, 0.15) is 32.3 Å². The van der Waals surface area contributed by atoms with Crippen LogP contribution in [0.1, 0.15) is 6.92 Å². The van der Waals surface area contributed by atoms with Crippen molar-refractivity contribution in [3.8, 4) is 0 Å². The molecule has 0 heterocycles. The highest BCUT2D eigenvalue weighted by Gasteiger charge is 2.22. The third-order valence-electron chi connectivity index (χ3n) is 2.92. The van der Waals surface area contributed by atoms with Gasteiger partial charge in [0.2, 0.25) is 0 Å². The molecule has 162 valence electrons. The Morgan fingerprint density at radius 2 is 1.41 bits per heavy atom. The summed E-state index contributed by atoms with van der Waals surface area (Å²) in [4.78, 5) is 56.0. The van der Waals surface area contributed by atoms with Gasteiger partial charge in [0.25, 0.3) is 0 Å². The first kappa shape index (κ1) is 25.4. The Morgan fingerprint density at radius 3 is 1.83 bits per heavy atom. The lowest BCUT2D eigenvalue weighted by molar-refractivity contribution is -0.145. The second-order valence-electron chi connectivity index (χ2n) is 5.37. The summed E-state index contributed by atoms with van der Waals surface area (Å²) in [5, 5.41) is 13.6. The van der Waals surface area contributed by atoms with Gasteiger partial charge in [0, 0.05) is 11.6 Å². The molecule has 12 heteroatoms. The highest BCUT2D eigenvalue weighted by Crippen LogP contribution is 2.00. The van der Waals surface area contributed by atoms with E-state index in [0.717, 1.165) is 6.08 Å². The zero-order valence-corrected chi connectivity index (χ0v) is 15.9. The van der Waals surface area contributed by atoms with E-state index in [4.69, 9.17) is 19.3 Å². The Balaban J connectivity index is 4.05. The second-order valence-corrected chi connectivity index (χ2v) is 5.37. The number of carbonyl (C=O) groups excluding carboxylic acids is 4. The third-order valence-corrected chi connectivity index (χ3v) is 2.92. The lowest BCUT2D eigenvalue weighted by Gasteiger charge is -2.14. The molecule has 0 aromatic heterocycles. The second kappa shape index (κ2) is 14.5. The molecule has 1 unspecified atom stereocenters. The van der Waals surface area contributed by atoms with E-state index in [0.29, 0.717) is 0 Å². The molecule has 3 N–H and O–H groups in total. The molecule has 12 nitrogen and oxygen atoms in total. The highest BCUT2D eigenvalue weighted by molar-refractivity contribution is 5.86. The molecule has 0 radical (unpaired) electrons. The van der Waals surface area contributed by atoms with Crippen LogP contribution < -0.4 is 10.6 Å². The van der Waals surface area contributed by atoms with Crippen LogP contribution in [0.4, 0.5) is 9.59 Å². The van der Waals surface area contributed by atoms with E-state index < -0.39 is 49.2 Å². The van der Waals surface area contributed by atoms with Crippen LogP contribution in [0.15, 0.2) is 24.8 Å². The summed E-state index contributed by atoms with van der Waals surface area (Å²) >= 11 is 0. The van der Waals surface area contributed by atoms with E-state index in [-0.39, 0.29) is 31.9 Å². The molecule has 2 amide bonds. The molecule has 0 aliphatic rings. The minimum Gasteiger partial charge on any atom is -0.481 e. The fourth-order valence-corrected chi connectivity index (χ4v) is 1.43. The molecular weight excluding hydrogens is 392 g/mol. The molecule has 0 bridgehead atoms. The van der Waals surface area contributed by atoms with Crippen molar-refractivity contribution in [2.24, 2.45) is 5.92 Å². The fraction of sp³-hybridized carbons (Fsp3) is 0.471. The minimum atomic E-state index is -1.35. The first-order chi connectivity index (χ1) is 13.7. The van der Waals surface area contributed by atoms with Crippen molar-refractivity contribution in [1.82, 2.24) is 10.6 Å². The minimum absolute atomic E-state index is 0.0506. The van der Waals surface area contributed by atoms with Crippen LogP contribution in [0.3, 0.4) is 0 Å². The molecule has 0 aromatic rings. The first-order valence-electron chi connectivity index (χ1n) is 8.33. The van der Waals surface area contributed by atoms with E-state index in [1.54, 1.807) is 0 Å². The monoisotopic (exact) mass is 416 g/mol. The summed E-state index contributed by atoms with van der Waals surface area (Å²) in [5.41, 5.74) is 0.207. The van der Waals surface area contributed by atoms with Crippen LogP contribution >= 0.6 is 0 Å². The standard InChI is InChI=1S/C17H24N2O10/c1-4-13(20)26-7-5-18-16(24)28-9-12(14(21)22)10-29-17(25)19-6-8-27-15(23)11(2)3/h4,12H,1-2,5-10H2,3H3,(H,18,24)(H,19,25)(H,21,22). The molecule has 1 atom stereocenters. The van der Waals surface area contributed by atoms with Crippen molar-refractivity contribution >= 4 is 30.1 Å². The van der Waals surface area contributed by atoms with Crippen LogP contribution in [0.5, 0.6) is 0 Å². The zero-order valence-electron chi connectivity index (χ0n) is 15.9. The molecule has 29 heavy (non-hydrogen) atoms. The summed E-state index contributed by atoms with van der Waals surface area (Å²) in [6.45, 7) is 6.60. The van der Waals surface area contributed by atoms with Gasteiger partial charge in [-0.1, -0.05) is 13.2 Å². The summed E-state index contributed by atoms with van der Waals surface area (Å²) in [5.74, 6) is -3.91. The fourth-order valence-electron chi connectivity index (χ4n) is 1.43. The largest absolute Gasteiger partial charge is 0.481 e. The maximum Gasteiger partial charge on any atom is 0.407 e. The number of esters is 2. The van der Waals surface area contributed by atoms with E-state index >= 15 is 0 Å². The Kier molecular flexibility index (Phi) is 12.7. The first-order valence-corrected chi connectivity index (χ1v) is 8.33. The number of carboxylic acids is 1. The van der Waals surface area contributed by atoms with Gasteiger partial charge in [-0.2, -0.15) is 0 Å².